The molecule has 1 fully saturated rings. The van der Waals surface area contributed by atoms with Crippen LogP contribution in [0, 0.1) is 0 Å². The number of pyridine rings is 1. The van der Waals surface area contributed by atoms with Gasteiger partial charge in [0.1, 0.15) is 6.10 Å². The summed E-state index contributed by atoms with van der Waals surface area (Å²) < 4.78 is 33.6. The first kappa shape index (κ1) is 20.1. The number of aromatic amines is 1. The highest BCUT2D eigenvalue weighted by molar-refractivity contribution is 5.97. The normalized spacial score (nSPS) is 16.5. The van der Waals surface area contributed by atoms with E-state index in [-0.39, 0.29) is 37.1 Å². The monoisotopic (exact) mass is 416 g/mol. The second-order valence-electron chi connectivity index (χ2n) is 7.58. The van der Waals surface area contributed by atoms with E-state index >= 15 is 0 Å². The number of alkyl halides is 2. The summed E-state index contributed by atoms with van der Waals surface area (Å²) in [4.78, 5) is 31.0. The first-order chi connectivity index (χ1) is 14.3. The first-order valence-electron chi connectivity index (χ1n) is 9.77. The number of fused-ring (bicyclic) bond motifs is 1. The number of halogens is 2. The number of imidazole rings is 1. The lowest BCUT2D eigenvalue weighted by Crippen LogP contribution is -2.30. The van der Waals surface area contributed by atoms with Crippen LogP contribution in [0.15, 0.2) is 41.3 Å². The Morgan fingerprint density at radius 1 is 1.30 bits per heavy atom. The first-order valence-corrected chi connectivity index (χ1v) is 9.77. The van der Waals surface area contributed by atoms with Crippen molar-refractivity contribution in [1.29, 1.82) is 0 Å². The standard InChI is InChI=1S/C21H22F2N4O3/c1-27-17-4-3-14(10-16(17)26-20(27)29)19(28)25-12-13-2-5-18(24-11-13)30-15-6-8-21(22,23)9-7-15/h2-5,10-11,15H,6-9,12H2,1H3,(H,25,28)(H,26,29). The molecule has 1 saturated carbocycles. The van der Waals surface area contributed by atoms with Gasteiger partial charge in [-0.25, -0.2) is 18.6 Å². The van der Waals surface area contributed by atoms with Crippen LogP contribution in [0.5, 0.6) is 5.88 Å². The highest BCUT2D eigenvalue weighted by atomic mass is 19.3. The zero-order valence-electron chi connectivity index (χ0n) is 16.5. The van der Waals surface area contributed by atoms with E-state index in [2.05, 4.69) is 15.3 Å². The maximum absolute atomic E-state index is 13.2. The molecule has 0 spiro atoms. The Hall–Kier alpha value is -3.23. The third-order valence-corrected chi connectivity index (χ3v) is 5.37. The molecule has 0 radical (unpaired) electrons. The topological polar surface area (TPSA) is 89.0 Å². The van der Waals surface area contributed by atoms with Gasteiger partial charge in [0, 0.05) is 44.3 Å². The molecule has 2 N–H and O–H groups in total. The molecular weight excluding hydrogens is 394 g/mol. The average Bonchev–Trinajstić information content (AvgIpc) is 3.02. The molecule has 0 bridgehead atoms. The summed E-state index contributed by atoms with van der Waals surface area (Å²) >= 11 is 0. The van der Waals surface area contributed by atoms with Crippen molar-refractivity contribution in [3.63, 3.8) is 0 Å². The molecule has 1 aliphatic carbocycles. The fraction of sp³-hybridized carbons (Fsp3) is 0.381. The number of hydrogen-bond acceptors (Lipinski definition) is 4. The van der Waals surface area contributed by atoms with Crippen molar-refractivity contribution in [3.05, 3.63) is 58.1 Å². The van der Waals surface area contributed by atoms with Gasteiger partial charge in [0.15, 0.2) is 0 Å². The lowest BCUT2D eigenvalue weighted by molar-refractivity contribution is -0.0588. The predicted octanol–water partition coefficient (Wildman–Crippen LogP) is 3.15. The Labute approximate surface area is 171 Å². The Morgan fingerprint density at radius 2 is 2.07 bits per heavy atom. The van der Waals surface area contributed by atoms with Crippen LogP contribution in [0.4, 0.5) is 8.78 Å². The maximum Gasteiger partial charge on any atom is 0.326 e. The molecule has 0 unspecified atom stereocenters. The summed E-state index contributed by atoms with van der Waals surface area (Å²) in [6.45, 7) is 0.269. The number of rotatable bonds is 5. The number of aromatic nitrogens is 3. The van der Waals surface area contributed by atoms with Crippen molar-refractivity contribution >= 4 is 16.9 Å². The van der Waals surface area contributed by atoms with Gasteiger partial charge in [-0.05, 0) is 36.6 Å². The number of nitrogens with one attached hydrogen (secondary N) is 2. The lowest BCUT2D eigenvalue weighted by Gasteiger charge is -2.28. The zero-order valence-corrected chi connectivity index (χ0v) is 16.5. The summed E-state index contributed by atoms with van der Waals surface area (Å²) in [6, 6.07) is 8.46. The van der Waals surface area contributed by atoms with Crippen LogP contribution in [0.25, 0.3) is 11.0 Å². The minimum absolute atomic E-state index is 0.162. The van der Waals surface area contributed by atoms with Gasteiger partial charge in [-0.2, -0.15) is 0 Å². The summed E-state index contributed by atoms with van der Waals surface area (Å²) in [6.07, 6.45) is 1.63. The molecule has 9 heteroatoms. The van der Waals surface area contributed by atoms with Crippen molar-refractivity contribution in [1.82, 2.24) is 19.9 Å². The molecule has 1 aliphatic rings. The average molecular weight is 416 g/mol. The van der Waals surface area contributed by atoms with Gasteiger partial charge in [0.25, 0.3) is 5.91 Å². The van der Waals surface area contributed by atoms with Crippen LogP contribution < -0.4 is 15.7 Å². The van der Waals surface area contributed by atoms with E-state index in [4.69, 9.17) is 4.74 Å². The van der Waals surface area contributed by atoms with Crippen LogP contribution >= 0.6 is 0 Å². The number of carbonyl (C=O) groups is 1. The Bertz CT molecular complexity index is 1110. The third kappa shape index (κ3) is 4.34. The molecule has 30 heavy (non-hydrogen) atoms. The molecule has 1 aromatic carbocycles. The van der Waals surface area contributed by atoms with Gasteiger partial charge in [-0.15, -0.1) is 0 Å². The van der Waals surface area contributed by atoms with Gasteiger partial charge in [-0.3, -0.25) is 9.36 Å². The number of hydrogen-bond donors (Lipinski definition) is 2. The summed E-state index contributed by atoms with van der Waals surface area (Å²) in [5.74, 6) is -2.47. The van der Waals surface area contributed by atoms with Crippen molar-refractivity contribution < 1.29 is 18.3 Å². The van der Waals surface area contributed by atoms with Crippen LogP contribution in [-0.4, -0.2) is 32.5 Å². The van der Waals surface area contributed by atoms with E-state index in [1.54, 1.807) is 43.6 Å². The third-order valence-electron chi connectivity index (χ3n) is 5.37. The minimum Gasteiger partial charge on any atom is -0.474 e. The highest BCUT2D eigenvalue weighted by Gasteiger charge is 2.35. The van der Waals surface area contributed by atoms with Crippen molar-refractivity contribution in [3.8, 4) is 5.88 Å². The number of carbonyl (C=O) groups excluding carboxylic acids is 1. The van der Waals surface area contributed by atoms with Gasteiger partial charge in [0.2, 0.25) is 11.8 Å². The van der Waals surface area contributed by atoms with Crippen LogP contribution in [0.1, 0.15) is 41.6 Å². The summed E-state index contributed by atoms with van der Waals surface area (Å²) in [5.41, 5.74) is 2.29. The second kappa shape index (κ2) is 7.89. The van der Waals surface area contributed by atoms with Crippen LogP contribution in [0.3, 0.4) is 0 Å². The highest BCUT2D eigenvalue weighted by Crippen LogP contribution is 2.34. The number of ether oxygens (including phenoxy) is 1. The smallest absolute Gasteiger partial charge is 0.326 e. The fourth-order valence-electron chi connectivity index (χ4n) is 3.55. The molecule has 2 heterocycles. The van der Waals surface area contributed by atoms with Crippen molar-refractivity contribution in [2.75, 3.05) is 0 Å². The molecule has 1 amide bonds. The van der Waals surface area contributed by atoms with E-state index in [9.17, 15) is 18.4 Å². The minimum atomic E-state index is -2.59. The van der Waals surface area contributed by atoms with Crippen LogP contribution in [-0.2, 0) is 13.6 Å². The predicted molar refractivity (Wildman–Crippen MR) is 107 cm³/mol. The van der Waals surface area contributed by atoms with E-state index in [0.29, 0.717) is 29.8 Å². The molecule has 3 aromatic rings. The number of amides is 1. The molecular formula is C21H22F2N4O3. The van der Waals surface area contributed by atoms with Crippen molar-refractivity contribution in [2.45, 2.75) is 44.3 Å². The number of H-pyrrole nitrogens is 1. The quantitative estimate of drug-likeness (QED) is 0.669. The van der Waals surface area contributed by atoms with E-state index in [0.717, 1.165) is 11.1 Å². The Morgan fingerprint density at radius 3 is 2.77 bits per heavy atom. The number of aryl methyl sites for hydroxylation is 1. The maximum atomic E-state index is 13.2. The number of nitrogens with zero attached hydrogens (tertiary/aromatic N) is 2. The van der Waals surface area contributed by atoms with Gasteiger partial charge in [0.05, 0.1) is 11.0 Å². The molecule has 4 rings (SSSR count). The molecule has 158 valence electrons. The van der Waals surface area contributed by atoms with Crippen molar-refractivity contribution in [2.24, 2.45) is 7.05 Å². The van der Waals surface area contributed by atoms with Gasteiger partial charge < -0.3 is 15.0 Å². The lowest BCUT2D eigenvalue weighted by atomic mass is 9.94. The molecule has 0 saturated heterocycles. The van der Waals surface area contributed by atoms with Gasteiger partial charge >= 0.3 is 5.69 Å². The zero-order chi connectivity index (χ0) is 21.3. The summed E-state index contributed by atoms with van der Waals surface area (Å²) in [7, 11) is 1.66. The van der Waals surface area contributed by atoms with E-state index in [1.165, 1.54) is 4.57 Å². The Balaban J connectivity index is 1.32. The second-order valence-corrected chi connectivity index (χ2v) is 7.58. The van der Waals surface area contributed by atoms with E-state index in [1.807, 2.05) is 0 Å². The van der Waals surface area contributed by atoms with Gasteiger partial charge in [-0.1, -0.05) is 6.07 Å². The fourth-order valence-corrected chi connectivity index (χ4v) is 3.55. The molecule has 0 atom stereocenters. The molecule has 0 aliphatic heterocycles. The SMILES string of the molecule is Cn1c(=O)[nH]c2cc(C(=O)NCc3ccc(OC4CCC(F)(F)CC4)nc3)ccc21. The largest absolute Gasteiger partial charge is 0.474 e. The molecule has 7 nitrogen and oxygen atoms in total. The summed E-state index contributed by atoms with van der Waals surface area (Å²) in [5, 5.41) is 2.81. The van der Waals surface area contributed by atoms with Crippen LogP contribution in [0.2, 0.25) is 0 Å². The Kier molecular flexibility index (Phi) is 5.27. The number of benzene rings is 1. The van der Waals surface area contributed by atoms with E-state index < -0.39 is 5.92 Å². The molecule has 2 aromatic heterocycles.